The third-order valence-electron chi connectivity index (χ3n) is 2.63. The van der Waals surface area contributed by atoms with E-state index in [4.69, 9.17) is 21.2 Å². The number of hydrogen-bond donors (Lipinski definition) is 1. The SMILES string of the molecule is Clc1cccc(C#CC2=CC3(COC3)ON2)c1. The van der Waals surface area contributed by atoms with Gasteiger partial charge in [0.25, 0.3) is 0 Å². The van der Waals surface area contributed by atoms with Crippen molar-refractivity contribution in [1.29, 1.82) is 0 Å². The van der Waals surface area contributed by atoms with Gasteiger partial charge in [-0.25, -0.2) is 0 Å². The molecule has 0 saturated carbocycles. The lowest BCUT2D eigenvalue weighted by molar-refractivity contribution is -0.191. The summed E-state index contributed by atoms with van der Waals surface area (Å²) in [6.45, 7) is 1.17. The zero-order chi connectivity index (χ0) is 11.7. The summed E-state index contributed by atoms with van der Waals surface area (Å²) in [5.41, 5.74) is 4.17. The van der Waals surface area contributed by atoms with E-state index in [0.717, 1.165) is 11.3 Å². The van der Waals surface area contributed by atoms with Gasteiger partial charge in [-0.3, -0.25) is 10.3 Å². The van der Waals surface area contributed by atoms with Crippen molar-refractivity contribution < 1.29 is 9.57 Å². The van der Waals surface area contributed by atoms with Gasteiger partial charge in [0.2, 0.25) is 0 Å². The average molecular weight is 248 g/mol. The first-order valence-electron chi connectivity index (χ1n) is 5.28. The fourth-order valence-electron chi connectivity index (χ4n) is 1.69. The molecule has 0 aliphatic carbocycles. The molecule has 0 amide bonds. The Kier molecular flexibility index (Phi) is 2.56. The van der Waals surface area contributed by atoms with Gasteiger partial charge in [-0.2, -0.15) is 0 Å². The quantitative estimate of drug-likeness (QED) is 0.710. The Balaban J connectivity index is 1.78. The van der Waals surface area contributed by atoms with E-state index < -0.39 is 0 Å². The molecular formula is C13H10ClNO2. The molecule has 3 rings (SSSR count). The van der Waals surface area contributed by atoms with Gasteiger partial charge in [0.1, 0.15) is 5.70 Å². The first kappa shape index (κ1) is 10.7. The minimum Gasteiger partial charge on any atom is -0.374 e. The molecule has 1 saturated heterocycles. The molecule has 1 fully saturated rings. The van der Waals surface area contributed by atoms with Gasteiger partial charge in [-0.15, -0.1) is 0 Å². The van der Waals surface area contributed by atoms with E-state index in [9.17, 15) is 0 Å². The minimum atomic E-state index is -0.293. The molecule has 2 heterocycles. The van der Waals surface area contributed by atoms with Gasteiger partial charge in [0.15, 0.2) is 5.60 Å². The van der Waals surface area contributed by atoms with Crippen LogP contribution in [0.2, 0.25) is 5.02 Å². The Hall–Kier alpha value is -1.47. The van der Waals surface area contributed by atoms with E-state index >= 15 is 0 Å². The summed E-state index contributed by atoms with van der Waals surface area (Å²) in [6, 6.07) is 7.44. The lowest BCUT2D eigenvalue weighted by atomic mass is 10.0. The van der Waals surface area contributed by atoms with Crippen LogP contribution in [0.15, 0.2) is 36.0 Å². The van der Waals surface area contributed by atoms with Crippen LogP contribution >= 0.6 is 11.6 Å². The summed E-state index contributed by atoms with van der Waals surface area (Å²) >= 11 is 5.88. The lowest BCUT2D eigenvalue weighted by Gasteiger charge is -2.33. The summed E-state index contributed by atoms with van der Waals surface area (Å²) in [5, 5.41) is 0.685. The van der Waals surface area contributed by atoms with E-state index in [-0.39, 0.29) is 5.60 Å². The van der Waals surface area contributed by atoms with Crippen molar-refractivity contribution in [3.05, 3.63) is 46.6 Å². The third kappa shape index (κ3) is 2.16. The minimum absolute atomic E-state index is 0.293. The molecular weight excluding hydrogens is 238 g/mol. The van der Waals surface area contributed by atoms with Gasteiger partial charge in [0, 0.05) is 10.6 Å². The highest BCUT2D eigenvalue weighted by atomic mass is 35.5. The van der Waals surface area contributed by atoms with Crippen LogP contribution in [0.1, 0.15) is 5.56 Å². The Morgan fingerprint density at radius 3 is 2.82 bits per heavy atom. The summed E-state index contributed by atoms with van der Waals surface area (Å²) in [4.78, 5) is 5.41. The van der Waals surface area contributed by atoms with E-state index in [1.165, 1.54) is 0 Å². The van der Waals surface area contributed by atoms with Gasteiger partial charge < -0.3 is 4.74 Å². The number of allylic oxidation sites excluding steroid dienone is 1. The molecule has 0 bridgehead atoms. The van der Waals surface area contributed by atoms with E-state index in [2.05, 4.69) is 17.3 Å². The molecule has 86 valence electrons. The smallest absolute Gasteiger partial charge is 0.163 e. The standard InChI is InChI=1S/C13H10ClNO2/c14-11-3-1-2-10(6-11)4-5-12-7-13(17-15-12)8-16-9-13/h1-3,6-7,15H,8-9H2. The zero-order valence-electron chi connectivity index (χ0n) is 9.00. The number of nitrogens with one attached hydrogen (secondary N) is 1. The number of hydrogen-bond acceptors (Lipinski definition) is 3. The maximum atomic E-state index is 5.88. The molecule has 1 N–H and O–H groups in total. The fraction of sp³-hybridized carbons (Fsp3) is 0.231. The van der Waals surface area contributed by atoms with Crippen LogP contribution in [-0.4, -0.2) is 18.8 Å². The van der Waals surface area contributed by atoms with Crippen molar-refractivity contribution in [2.75, 3.05) is 13.2 Å². The van der Waals surface area contributed by atoms with Crippen LogP contribution in [-0.2, 0) is 9.57 Å². The van der Waals surface area contributed by atoms with Crippen molar-refractivity contribution in [3.8, 4) is 11.8 Å². The zero-order valence-corrected chi connectivity index (χ0v) is 9.75. The van der Waals surface area contributed by atoms with Crippen LogP contribution in [0.4, 0.5) is 0 Å². The molecule has 0 radical (unpaired) electrons. The summed E-state index contributed by atoms with van der Waals surface area (Å²) in [7, 11) is 0. The van der Waals surface area contributed by atoms with Crippen molar-refractivity contribution in [2.45, 2.75) is 5.60 Å². The van der Waals surface area contributed by atoms with Crippen LogP contribution in [0, 0.1) is 11.8 Å². The van der Waals surface area contributed by atoms with Crippen LogP contribution in [0.25, 0.3) is 0 Å². The molecule has 4 heteroatoms. The predicted molar refractivity (Wildman–Crippen MR) is 64.2 cm³/mol. The Morgan fingerprint density at radius 2 is 2.18 bits per heavy atom. The second-order valence-electron chi connectivity index (χ2n) is 4.08. The number of hydroxylamine groups is 1. The highest BCUT2D eigenvalue weighted by Gasteiger charge is 2.42. The van der Waals surface area contributed by atoms with Crippen molar-refractivity contribution in [3.63, 3.8) is 0 Å². The Labute approximate surface area is 104 Å². The van der Waals surface area contributed by atoms with Crippen LogP contribution in [0.5, 0.6) is 0 Å². The van der Waals surface area contributed by atoms with Gasteiger partial charge in [-0.05, 0) is 30.2 Å². The summed E-state index contributed by atoms with van der Waals surface area (Å²) < 4.78 is 5.11. The number of halogens is 1. The molecule has 1 spiro atoms. The summed E-state index contributed by atoms with van der Waals surface area (Å²) in [6.07, 6.45) is 1.97. The van der Waals surface area contributed by atoms with Crippen LogP contribution < -0.4 is 5.48 Å². The van der Waals surface area contributed by atoms with E-state index in [1.54, 1.807) is 0 Å². The first-order chi connectivity index (χ1) is 8.26. The predicted octanol–water partition coefficient (Wildman–Crippen LogP) is 1.88. The molecule has 0 aromatic heterocycles. The van der Waals surface area contributed by atoms with Gasteiger partial charge >= 0.3 is 0 Å². The van der Waals surface area contributed by atoms with Crippen molar-refractivity contribution in [2.24, 2.45) is 0 Å². The summed E-state index contributed by atoms with van der Waals surface area (Å²) in [5.74, 6) is 6.04. The monoisotopic (exact) mass is 247 g/mol. The highest BCUT2D eigenvalue weighted by molar-refractivity contribution is 6.30. The first-order valence-corrected chi connectivity index (χ1v) is 5.66. The molecule has 17 heavy (non-hydrogen) atoms. The largest absolute Gasteiger partial charge is 0.374 e. The molecule has 2 aliphatic rings. The lowest BCUT2D eigenvalue weighted by Crippen LogP contribution is -2.49. The molecule has 3 nitrogen and oxygen atoms in total. The van der Waals surface area contributed by atoms with E-state index in [0.29, 0.717) is 18.2 Å². The van der Waals surface area contributed by atoms with Gasteiger partial charge in [-0.1, -0.05) is 23.6 Å². The number of ether oxygens (including phenoxy) is 1. The maximum absolute atomic E-state index is 5.88. The number of benzene rings is 1. The second-order valence-corrected chi connectivity index (χ2v) is 4.52. The Bertz CT molecular complexity index is 538. The van der Waals surface area contributed by atoms with Gasteiger partial charge in [0.05, 0.1) is 13.2 Å². The Morgan fingerprint density at radius 1 is 1.29 bits per heavy atom. The molecule has 0 unspecified atom stereocenters. The number of rotatable bonds is 0. The third-order valence-corrected chi connectivity index (χ3v) is 2.87. The maximum Gasteiger partial charge on any atom is 0.163 e. The highest BCUT2D eigenvalue weighted by Crippen LogP contribution is 2.27. The molecule has 0 atom stereocenters. The van der Waals surface area contributed by atoms with Crippen molar-refractivity contribution in [1.82, 2.24) is 5.48 Å². The topological polar surface area (TPSA) is 30.5 Å². The average Bonchev–Trinajstić information content (AvgIpc) is 2.71. The molecule has 1 aromatic rings. The van der Waals surface area contributed by atoms with Crippen LogP contribution in [0.3, 0.4) is 0 Å². The van der Waals surface area contributed by atoms with E-state index in [1.807, 2.05) is 30.3 Å². The molecule has 2 aliphatic heterocycles. The second kappa shape index (κ2) is 4.08. The fourth-order valence-corrected chi connectivity index (χ4v) is 1.88. The normalized spacial score (nSPS) is 19.9. The van der Waals surface area contributed by atoms with Crippen molar-refractivity contribution >= 4 is 11.6 Å². The molecule has 1 aromatic carbocycles.